The molecule has 0 unspecified atom stereocenters. The SMILES string of the molecule is Fc1ccc(-c2cc(NCc3cc(C4CC4)on3)n3nccc3n2)cc1. The van der Waals surface area contributed by atoms with E-state index in [1.807, 2.05) is 18.2 Å². The lowest BCUT2D eigenvalue weighted by Crippen LogP contribution is -2.06. The van der Waals surface area contributed by atoms with Crippen LogP contribution in [0.25, 0.3) is 16.9 Å². The molecule has 5 rings (SSSR count). The number of anilines is 1. The summed E-state index contributed by atoms with van der Waals surface area (Å²) in [5.41, 5.74) is 3.16. The fraction of sp³-hybridized carbons (Fsp3) is 0.211. The number of fused-ring (bicyclic) bond motifs is 1. The number of aromatic nitrogens is 4. The molecule has 1 aromatic carbocycles. The zero-order valence-electron chi connectivity index (χ0n) is 13.9. The summed E-state index contributed by atoms with van der Waals surface area (Å²) in [5, 5.41) is 11.8. The van der Waals surface area contributed by atoms with Crippen LogP contribution >= 0.6 is 0 Å². The Bertz CT molecular complexity index is 1070. The minimum Gasteiger partial charge on any atom is -0.364 e. The molecule has 0 aliphatic heterocycles. The average molecular weight is 349 g/mol. The first kappa shape index (κ1) is 15.1. The maximum absolute atomic E-state index is 13.2. The van der Waals surface area contributed by atoms with Gasteiger partial charge in [0.15, 0.2) is 5.65 Å². The fourth-order valence-electron chi connectivity index (χ4n) is 2.96. The van der Waals surface area contributed by atoms with E-state index in [9.17, 15) is 4.39 Å². The third-order valence-electron chi connectivity index (χ3n) is 4.51. The molecular formula is C19H16FN5O. The van der Waals surface area contributed by atoms with Crippen molar-refractivity contribution in [3.63, 3.8) is 0 Å². The molecule has 0 atom stereocenters. The van der Waals surface area contributed by atoms with E-state index in [0.29, 0.717) is 18.1 Å². The number of nitrogens with one attached hydrogen (secondary N) is 1. The smallest absolute Gasteiger partial charge is 0.157 e. The summed E-state index contributed by atoms with van der Waals surface area (Å²) in [7, 11) is 0. The molecule has 4 aromatic rings. The minimum absolute atomic E-state index is 0.268. The number of rotatable bonds is 5. The summed E-state index contributed by atoms with van der Waals surface area (Å²) < 4.78 is 20.3. The highest BCUT2D eigenvalue weighted by Gasteiger charge is 2.27. The maximum Gasteiger partial charge on any atom is 0.157 e. The van der Waals surface area contributed by atoms with Gasteiger partial charge in [-0.05, 0) is 37.1 Å². The van der Waals surface area contributed by atoms with Gasteiger partial charge in [-0.3, -0.25) is 0 Å². The molecular weight excluding hydrogens is 333 g/mol. The molecule has 0 spiro atoms. The molecule has 26 heavy (non-hydrogen) atoms. The second-order valence-corrected chi connectivity index (χ2v) is 6.48. The van der Waals surface area contributed by atoms with Gasteiger partial charge in [0.2, 0.25) is 0 Å². The highest BCUT2D eigenvalue weighted by molar-refractivity contribution is 5.66. The van der Waals surface area contributed by atoms with Gasteiger partial charge in [-0.1, -0.05) is 5.16 Å². The van der Waals surface area contributed by atoms with Gasteiger partial charge < -0.3 is 9.84 Å². The first-order valence-electron chi connectivity index (χ1n) is 8.56. The van der Waals surface area contributed by atoms with Crippen LogP contribution in [0, 0.1) is 5.82 Å². The van der Waals surface area contributed by atoms with Crippen LogP contribution in [0.1, 0.15) is 30.2 Å². The quantitative estimate of drug-likeness (QED) is 0.589. The van der Waals surface area contributed by atoms with E-state index in [1.165, 1.54) is 25.0 Å². The van der Waals surface area contributed by atoms with E-state index in [4.69, 9.17) is 4.52 Å². The van der Waals surface area contributed by atoms with Gasteiger partial charge in [0, 0.05) is 29.7 Å². The third kappa shape index (κ3) is 2.81. The molecule has 6 nitrogen and oxygen atoms in total. The van der Waals surface area contributed by atoms with Crippen LogP contribution < -0.4 is 5.32 Å². The fourth-order valence-corrected chi connectivity index (χ4v) is 2.96. The van der Waals surface area contributed by atoms with Crippen molar-refractivity contribution < 1.29 is 8.91 Å². The molecule has 1 saturated carbocycles. The van der Waals surface area contributed by atoms with Crippen molar-refractivity contribution in [2.45, 2.75) is 25.3 Å². The molecule has 0 amide bonds. The highest BCUT2D eigenvalue weighted by atomic mass is 19.1. The average Bonchev–Trinajstić information content (AvgIpc) is 3.20. The summed E-state index contributed by atoms with van der Waals surface area (Å²) in [5.74, 6) is 2.03. The van der Waals surface area contributed by atoms with Gasteiger partial charge in [-0.2, -0.15) is 9.61 Å². The van der Waals surface area contributed by atoms with Gasteiger partial charge in [0.05, 0.1) is 18.4 Å². The van der Waals surface area contributed by atoms with E-state index in [1.54, 1.807) is 22.8 Å². The van der Waals surface area contributed by atoms with Gasteiger partial charge in [0.25, 0.3) is 0 Å². The lowest BCUT2D eigenvalue weighted by atomic mass is 10.1. The Morgan fingerprint density at radius 3 is 2.81 bits per heavy atom. The summed E-state index contributed by atoms with van der Waals surface area (Å²) in [6.45, 7) is 0.526. The molecule has 0 bridgehead atoms. The number of hydrogen-bond donors (Lipinski definition) is 1. The predicted molar refractivity (Wildman–Crippen MR) is 94.2 cm³/mol. The van der Waals surface area contributed by atoms with E-state index in [2.05, 4.69) is 20.6 Å². The first-order chi connectivity index (χ1) is 12.8. The van der Waals surface area contributed by atoms with Crippen molar-refractivity contribution >= 4 is 11.5 Å². The predicted octanol–water partition coefficient (Wildman–Crippen LogP) is 4.01. The van der Waals surface area contributed by atoms with Crippen LogP contribution in [0.2, 0.25) is 0 Å². The molecule has 1 aliphatic carbocycles. The molecule has 7 heteroatoms. The Morgan fingerprint density at radius 2 is 2.00 bits per heavy atom. The van der Waals surface area contributed by atoms with Crippen molar-refractivity contribution in [1.29, 1.82) is 0 Å². The topological polar surface area (TPSA) is 68.2 Å². The minimum atomic E-state index is -0.268. The monoisotopic (exact) mass is 349 g/mol. The molecule has 1 N–H and O–H groups in total. The van der Waals surface area contributed by atoms with E-state index >= 15 is 0 Å². The number of benzene rings is 1. The Hall–Kier alpha value is -3.22. The molecule has 0 radical (unpaired) electrons. The zero-order valence-corrected chi connectivity index (χ0v) is 13.9. The Labute approximate surface area is 148 Å². The molecule has 1 aliphatic rings. The van der Waals surface area contributed by atoms with Crippen molar-refractivity contribution in [3.8, 4) is 11.3 Å². The van der Waals surface area contributed by atoms with E-state index in [-0.39, 0.29) is 5.82 Å². The first-order valence-corrected chi connectivity index (χ1v) is 8.56. The van der Waals surface area contributed by atoms with Gasteiger partial charge >= 0.3 is 0 Å². The van der Waals surface area contributed by atoms with E-state index < -0.39 is 0 Å². The van der Waals surface area contributed by atoms with Gasteiger partial charge in [0.1, 0.15) is 23.1 Å². The lowest BCUT2D eigenvalue weighted by Gasteiger charge is -2.09. The van der Waals surface area contributed by atoms with Gasteiger partial charge in [-0.15, -0.1) is 0 Å². The third-order valence-corrected chi connectivity index (χ3v) is 4.51. The number of hydrogen-bond acceptors (Lipinski definition) is 5. The molecule has 130 valence electrons. The summed E-state index contributed by atoms with van der Waals surface area (Å²) in [4.78, 5) is 4.59. The largest absolute Gasteiger partial charge is 0.364 e. The van der Waals surface area contributed by atoms with Crippen molar-refractivity contribution in [2.75, 3.05) is 5.32 Å². The Morgan fingerprint density at radius 1 is 1.15 bits per heavy atom. The van der Waals surface area contributed by atoms with Crippen LogP contribution in [0.15, 0.2) is 53.2 Å². The van der Waals surface area contributed by atoms with Crippen LogP contribution in [0.4, 0.5) is 10.2 Å². The molecule has 3 aromatic heterocycles. The van der Waals surface area contributed by atoms with Crippen LogP contribution in [0.3, 0.4) is 0 Å². The zero-order chi connectivity index (χ0) is 17.5. The number of halogens is 1. The van der Waals surface area contributed by atoms with Gasteiger partial charge in [-0.25, -0.2) is 9.37 Å². The second-order valence-electron chi connectivity index (χ2n) is 6.48. The maximum atomic E-state index is 13.2. The van der Waals surface area contributed by atoms with Crippen LogP contribution in [-0.4, -0.2) is 19.8 Å². The van der Waals surface area contributed by atoms with Crippen molar-refractivity contribution in [1.82, 2.24) is 19.8 Å². The Balaban J connectivity index is 1.45. The second kappa shape index (κ2) is 5.94. The summed E-state index contributed by atoms with van der Waals surface area (Å²) in [6.07, 6.45) is 4.06. The lowest BCUT2D eigenvalue weighted by molar-refractivity contribution is 0.379. The van der Waals surface area contributed by atoms with Crippen LogP contribution in [-0.2, 0) is 6.54 Å². The normalized spacial score (nSPS) is 14.0. The highest BCUT2D eigenvalue weighted by Crippen LogP contribution is 2.40. The van der Waals surface area contributed by atoms with Crippen molar-refractivity contribution in [2.24, 2.45) is 0 Å². The summed E-state index contributed by atoms with van der Waals surface area (Å²) >= 11 is 0. The van der Waals surface area contributed by atoms with E-state index in [0.717, 1.165) is 28.5 Å². The van der Waals surface area contributed by atoms with Crippen molar-refractivity contribution in [3.05, 3.63) is 65.9 Å². The molecule has 0 saturated heterocycles. The summed E-state index contributed by atoms with van der Waals surface area (Å²) in [6, 6.07) is 12.0. The van der Waals surface area contributed by atoms with Crippen LogP contribution in [0.5, 0.6) is 0 Å². The standard InChI is InChI=1S/C19H16FN5O/c20-14-5-3-12(4-6-14)16-10-19(25-18(23-16)7-8-22-25)21-11-15-9-17(26-24-15)13-1-2-13/h3-10,13,21H,1-2,11H2. The Kier molecular flexibility index (Phi) is 3.44. The number of nitrogens with zero attached hydrogens (tertiary/aromatic N) is 4. The molecule has 1 fully saturated rings. The molecule has 3 heterocycles.